The molecule has 0 aliphatic carbocycles. The third-order valence-electron chi connectivity index (χ3n) is 3.45. The summed E-state index contributed by atoms with van der Waals surface area (Å²) in [5, 5.41) is 0. The largest absolute Gasteiger partial charge is 0.465 e. The Bertz CT molecular complexity index is 668. The van der Waals surface area contributed by atoms with E-state index in [2.05, 4.69) is 0 Å². The van der Waals surface area contributed by atoms with Gasteiger partial charge in [-0.25, -0.2) is 4.79 Å². The second-order valence-electron chi connectivity index (χ2n) is 5.32. The molecule has 2 aromatic rings. The van der Waals surface area contributed by atoms with Crippen LogP contribution in [-0.2, 0) is 27.3 Å². The Morgan fingerprint density at radius 2 is 1.62 bits per heavy atom. The van der Waals surface area contributed by atoms with Crippen molar-refractivity contribution in [2.75, 3.05) is 6.61 Å². The Hall–Kier alpha value is -2.66. The fourth-order valence-electron chi connectivity index (χ4n) is 2.17. The maximum atomic E-state index is 12.0. The number of carbonyl (C=O) groups excluding carboxylic acids is 2. The van der Waals surface area contributed by atoms with Crippen molar-refractivity contribution in [1.29, 1.82) is 0 Å². The molecule has 0 saturated heterocycles. The van der Waals surface area contributed by atoms with Gasteiger partial charge in [0.05, 0.1) is 12.2 Å². The summed E-state index contributed by atoms with van der Waals surface area (Å²) in [5.41, 5.74) is 8.03. The molecule has 0 heterocycles. The van der Waals surface area contributed by atoms with Crippen LogP contribution in [0.1, 0.15) is 28.4 Å². The topological polar surface area (TPSA) is 78.6 Å². The van der Waals surface area contributed by atoms with E-state index in [1.54, 1.807) is 31.2 Å². The summed E-state index contributed by atoms with van der Waals surface area (Å²) in [6.07, 6.45) is 0.359. The molecule has 0 aromatic heterocycles. The molecule has 0 saturated carbocycles. The molecule has 0 amide bonds. The number of nitrogens with two attached hydrogens (primary N) is 1. The van der Waals surface area contributed by atoms with Gasteiger partial charge in [-0.1, -0.05) is 42.5 Å². The minimum absolute atomic E-state index is 0.231. The van der Waals surface area contributed by atoms with Crippen molar-refractivity contribution < 1.29 is 19.1 Å². The van der Waals surface area contributed by atoms with Gasteiger partial charge in [-0.05, 0) is 36.6 Å². The van der Waals surface area contributed by atoms with E-state index in [4.69, 9.17) is 15.2 Å². The number of carbonyl (C=O) groups is 2. The molecule has 2 rings (SSSR count). The molecule has 1 atom stereocenters. The average Bonchev–Trinajstić information content (AvgIpc) is 2.61. The van der Waals surface area contributed by atoms with Gasteiger partial charge < -0.3 is 15.2 Å². The summed E-state index contributed by atoms with van der Waals surface area (Å²) in [6.45, 7) is 2.27. The number of esters is 2. The minimum Gasteiger partial charge on any atom is -0.465 e. The zero-order valence-corrected chi connectivity index (χ0v) is 13.6. The van der Waals surface area contributed by atoms with E-state index in [9.17, 15) is 9.59 Å². The van der Waals surface area contributed by atoms with Crippen LogP contribution in [0, 0.1) is 0 Å². The summed E-state index contributed by atoms with van der Waals surface area (Å²) < 4.78 is 10.1. The summed E-state index contributed by atoms with van der Waals surface area (Å²) >= 11 is 0. The fourth-order valence-corrected chi connectivity index (χ4v) is 2.17. The lowest BCUT2D eigenvalue weighted by Crippen LogP contribution is -2.34. The highest BCUT2D eigenvalue weighted by molar-refractivity contribution is 5.89. The van der Waals surface area contributed by atoms with E-state index in [0.29, 0.717) is 18.6 Å². The van der Waals surface area contributed by atoms with E-state index in [1.807, 2.05) is 30.3 Å². The molecule has 0 fully saturated rings. The Labute approximate surface area is 141 Å². The monoisotopic (exact) mass is 327 g/mol. The lowest BCUT2D eigenvalue weighted by molar-refractivity contribution is -0.144. The van der Waals surface area contributed by atoms with Crippen LogP contribution in [0.3, 0.4) is 0 Å². The zero-order chi connectivity index (χ0) is 17.4. The Kier molecular flexibility index (Phi) is 6.51. The third kappa shape index (κ3) is 5.21. The molecule has 5 nitrogen and oxygen atoms in total. The van der Waals surface area contributed by atoms with E-state index in [-0.39, 0.29) is 12.6 Å². The van der Waals surface area contributed by atoms with Crippen molar-refractivity contribution in [1.82, 2.24) is 0 Å². The van der Waals surface area contributed by atoms with Gasteiger partial charge in [0.1, 0.15) is 12.6 Å². The quantitative estimate of drug-likeness (QED) is 0.790. The number of ether oxygens (including phenoxy) is 2. The Balaban J connectivity index is 1.89. The smallest absolute Gasteiger partial charge is 0.338 e. The van der Waals surface area contributed by atoms with Crippen LogP contribution in [0.15, 0.2) is 54.6 Å². The molecule has 0 spiro atoms. The van der Waals surface area contributed by atoms with Gasteiger partial charge in [0, 0.05) is 0 Å². The Morgan fingerprint density at radius 1 is 0.958 bits per heavy atom. The van der Waals surface area contributed by atoms with Crippen molar-refractivity contribution in [3.8, 4) is 0 Å². The molecule has 0 bridgehead atoms. The molecule has 0 aliphatic rings. The summed E-state index contributed by atoms with van der Waals surface area (Å²) in [4.78, 5) is 23.5. The van der Waals surface area contributed by atoms with Gasteiger partial charge in [-0.15, -0.1) is 0 Å². The maximum Gasteiger partial charge on any atom is 0.338 e. The summed E-state index contributed by atoms with van der Waals surface area (Å²) in [5.74, 6) is -0.816. The van der Waals surface area contributed by atoms with Crippen LogP contribution in [-0.4, -0.2) is 24.6 Å². The molecule has 24 heavy (non-hydrogen) atoms. The number of hydrogen-bond donors (Lipinski definition) is 1. The van der Waals surface area contributed by atoms with Crippen LogP contribution in [0.4, 0.5) is 0 Å². The van der Waals surface area contributed by atoms with Crippen LogP contribution in [0.2, 0.25) is 0 Å². The first-order valence-corrected chi connectivity index (χ1v) is 7.82. The van der Waals surface area contributed by atoms with E-state index >= 15 is 0 Å². The standard InChI is InChI=1S/C19H21NO4/c1-2-23-19(22)17(20)12-14-8-10-16(11-9-14)18(21)24-13-15-6-4-3-5-7-15/h3-11,17H,2,12-13,20H2,1H3/t17-/m0/s1. The van der Waals surface area contributed by atoms with Gasteiger partial charge in [0.25, 0.3) is 0 Å². The lowest BCUT2D eigenvalue weighted by atomic mass is 10.0. The van der Waals surface area contributed by atoms with Crippen LogP contribution >= 0.6 is 0 Å². The van der Waals surface area contributed by atoms with Crippen molar-refractivity contribution in [2.24, 2.45) is 5.73 Å². The van der Waals surface area contributed by atoms with Gasteiger partial charge in [-0.3, -0.25) is 4.79 Å². The van der Waals surface area contributed by atoms with Crippen molar-refractivity contribution in [3.05, 3.63) is 71.3 Å². The minimum atomic E-state index is -0.708. The van der Waals surface area contributed by atoms with Crippen LogP contribution < -0.4 is 5.73 Å². The predicted octanol–water partition coefficient (Wildman–Crippen LogP) is 2.48. The highest BCUT2D eigenvalue weighted by atomic mass is 16.5. The van der Waals surface area contributed by atoms with Gasteiger partial charge in [-0.2, -0.15) is 0 Å². The third-order valence-corrected chi connectivity index (χ3v) is 3.45. The number of rotatable bonds is 7. The summed E-state index contributed by atoms with van der Waals surface area (Å²) in [6, 6.07) is 15.6. The fraction of sp³-hybridized carbons (Fsp3) is 0.263. The molecule has 126 valence electrons. The van der Waals surface area contributed by atoms with E-state index in [0.717, 1.165) is 11.1 Å². The molecule has 0 aliphatic heterocycles. The van der Waals surface area contributed by atoms with Gasteiger partial charge >= 0.3 is 11.9 Å². The number of benzene rings is 2. The molecule has 0 radical (unpaired) electrons. The number of hydrogen-bond acceptors (Lipinski definition) is 5. The average molecular weight is 327 g/mol. The van der Waals surface area contributed by atoms with E-state index in [1.165, 1.54) is 0 Å². The van der Waals surface area contributed by atoms with Gasteiger partial charge in [0.2, 0.25) is 0 Å². The zero-order valence-electron chi connectivity index (χ0n) is 13.6. The summed E-state index contributed by atoms with van der Waals surface area (Å²) in [7, 11) is 0. The second kappa shape index (κ2) is 8.84. The molecular formula is C19H21NO4. The highest BCUT2D eigenvalue weighted by Crippen LogP contribution is 2.10. The maximum absolute atomic E-state index is 12.0. The molecule has 2 aromatic carbocycles. The van der Waals surface area contributed by atoms with Crippen molar-refractivity contribution in [3.63, 3.8) is 0 Å². The molecular weight excluding hydrogens is 306 g/mol. The molecule has 5 heteroatoms. The van der Waals surface area contributed by atoms with Crippen molar-refractivity contribution >= 4 is 11.9 Å². The molecule has 2 N–H and O–H groups in total. The van der Waals surface area contributed by atoms with E-state index < -0.39 is 12.0 Å². The highest BCUT2D eigenvalue weighted by Gasteiger charge is 2.15. The Morgan fingerprint density at radius 3 is 2.25 bits per heavy atom. The van der Waals surface area contributed by atoms with Gasteiger partial charge in [0.15, 0.2) is 0 Å². The second-order valence-corrected chi connectivity index (χ2v) is 5.32. The predicted molar refractivity (Wildman–Crippen MR) is 90.3 cm³/mol. The molecule has 0 unspecified atom stereocenters. The normalized spacial score (nSPS) is 11.6. The van der Waals surface area contributed by atoms with Crippen molar-refractivity contribution in [2.45, 2.75) is 26.0 Å². The van der Waals surface area contributed by atoms with Crippen LogP contribution in [0.25, 0.3) is 0 Å². The first-order valence-electron chi connectivity index (χ1n) is 7.82. The first kappa shape index (κ1) is 17.7. The lowest BCUT2D eigenvalue weighted by Gasteiger charge is -2.11. The first-order chi connectivity index (χ1) is 11.6. The van der Waals surface area contributed by atoms with Crippen LogP contribution in [0.5, 0.6) is 0 Å². The SMILES string of the molecule is CCOC(=O)[C@@H](N)Cc1ccc(C(=O)OCc2ccccc2)cc1.